The molecule has 0 aromatic heterocycles. The van der Waals surface area contributed by atoms with Crippen LogP contribution in [0.3, 0.4) is 0 Å². The minimum absolute atomic E-state index is 1.64. The van der Waals surface area contributed by atoms with Crippen LogP contribution in [0.1, 0.15) is 0 Å². The van der Waals surface area contributed by atoms with Crippen LogP contribution in [0.15, 0.2) is 0 Å². The van der Waals surface area contributed by atoms with Crippen molar-refractivity contribution in [3.05, 3.63) is 0 Å². The molecule has 3 nitrogen and oxygen atoms in total. The third-order valence-corrected chi connectivity index (χ3v) is 3.49. The van der Waals surface area contributed by atoms with Gasteiger partial charge in [0.15, 0.2) is 0 Å². The highest BCUT2D eigenvalue weighted by atomic mass is 19.4. The second kappa shape index (κ2) is 9.94. The first-order valence-corrected chi connectivity index (χ1v) is 7.65. The first kappa shape index (κ1) is 30.8. The van der Waals surface area contributed by atoms with Gasteiger partial charge in [-0.3, -0.25) is 0 Å². The van der Waals surface area contributed by atoms with Crippen molar-refractivity contribution in [3.63, 3.8) is 0 Å². The summed E-state index contributed by atoms with van der Waals surface area (Å²) in [5, 5.41) is 9.09. The van der Waals surface area contributed by atoms with Crippen molar-refractivity contribution in [2.24, 2.45) is 0 Å². The van der Waals surface area contributed by atoms with Crippen LogP contribution in [-0.4, -0.2) is 86.0 Å². The van der Waals surface area contributed by atoms with Crippen LogP contribution in [0.2, 0.25) is 0 Å². The lowest BCUT2D eigenvalue weighted by molar-refractivity contribution is -0.348. The first-order valence-electron chi connectivity index (χ1n) is 7.65. The number of rotatable bonds is 14. The van der Waals surface area contributed by atoms with Gasteiger partial charge < -0.3 is 14.6 Å². The fourth-order valence-electron chi connectivity index (χ4n) is 1.64. The maximum Gasteiger partial charge on any atom is 0.380 e. The van der Waals surface area contributed by atoms with E-state index in [1.165, 1.54) is 0 Å². The zero-order chi connectivity index (χ0) is 26.0. The highest BCUT2D eigenvalue weighted by molar-refractivity contribution is 4.98. The molecule has 0 unspecified atom stereocenters. The Labute approximate surface area is 167 Å². The molecular weight excluding hydrogens is 508 g/mol. The maximum absolute atomic E-state index is 13.1. The summed E-state index contributed by atoms with van der Waals surface area (Å²) in [5.41, 5.74) is 0. The Balaban J connectivity index is 4.81. The van der Waals surface area contributed by atoms with Gasteiger partial charge in [-0.05, 0) is 0 Å². The van der Waals surface area contributed by atoms with Crippen LogP contribution in [0.25, 0.3) is 0 Å². The van der Waals surface area contributed by atoms with Gasteiger partial charge in [-0.1, -0.05) is 0 Å². The highest BCUT2D eigenvalue weighted by Crippen LogP contribution is 2.49. The largest absolute Gasteiger partial charge is 0.388 e. The fraction of sp³-hybridized carbons (Fsp3) is 1.00. The number of aliphatic hydroxyl groups excluding tert-OH is 1. The zero-order valence-electron chi connectivity index (χ0n) is 14.9. The topological polar surface area (TPSA) is 38.7 Å². The van der Waals surface area contributed by atoms with Crippen LogP contribution in [-0.2, 0) is 9.47 Å². The number of halogens is 16. The lowest BCUT2D eigenvalue weighted by atomic mass is 10.1. The number of alkyl halides is 16. The molecule has 0 spiro atoms. The van der Waals surface area contributed by atoms with Crippen molar-refractivity contribution in [1.82, 2.24) is 0 Å². The van der Waals surface area contributed by atoms with Crippen molar-refractivity contribution in [1.29, 1.82) is 0 Å². The molecule has 0 rings (SSSR count). The highest BCUT2D eigenvalue weighted by Gasteiger charge is 2.76. The van der Waals surface area contributed by atoms with E-state index < -0.39 is 80.9 Å². The molecule has 0 aliphatic heterocycles. The maximum atomic E-state index is 13.1. The predicted octanol–water partition coefficient (Wildman–Crippen LogP) is 4.72. The molecule has 0 aromatic rings. The van der Waals surface area contributed by atoms with E-state index in [0.717, 1.165) is 0 Å². The van der Waals surface area contributed by atoms with Crippen LogP contribution in [0, 0.1) is 0 Å². The van der Waals surface area contributed by atoms with Crippen LogP contribution in [0.5, 0.6) is 0 Å². The molecule has 0 saturated carbocycles. The van der Waals surface area contributed by atoms with Crippen LogP contribution >= 0.6 is 0 Å². The van der Waals surface area contributed by atoms with Gasteiger partial charge in [0.05, 0.1) is 13.2 Å². The van der Waals surface area contributed by atoms with E-state index in [9.17, 15) is 70.2 Å². The van der Waals surface area contributed by atoms with Gasteiger partial charge in [0.1, 0.15) is 19.3 Å². The summed E-state index contributed by atoms with van der Waals surface area (Å²) in [6.07, 6.45) is -12.9. The molecule has 0 amide bonds. The number of aliphatic hydroxyl groups is 1. The molecule has 194 valence electrons. The molecule has 0 aliphatic rings. The average molecular weight is 520 g/mol. The fourth-order valence-corrected chi connectivity index (χ4v) is 1.64. The standard InChI is InChI=1S/C13H12F16O3/c14-6(15)10(22,23)12(26,27)8(18,19)3-31-1-5(30)2-32-4-9(20,21)13(28,29)11(24,25)7(16)17/h5-7,30H,1-4H2. The lowest BCUT2D eigenvalue weighted by Crippen LogP contribution is -2.59. The third kappa shape index (κ3) is 6.00. The molecule has 0 aromatic carbocycles. The molecule has 0 bridgehead atoms. The van der Waals surface area contributed by atoms with Gasteiger partial charge in [0, 0.05) is 0 Å². The molecule has 32 heavy (non-hydrogen) atoms. The Morgan fingerprint density at radius 3 is 1.00 bits per heavy atom. The first-order chi connectivity index (χ1) is 14.0. The second-order valence-electron chi connectivity index (χ2n) is 6.09. The molecule has 0 atom stereocenters. The van der Waals surface area contributed by atoms with E-state index in [1.54, 1.807) is 0 Å². The normalized spacial score (nSPS) is 15.4. The van der Waals surface area contributed by atoms with Crippen molar-refractivity contribution < 1.29 is 84.8 Å². The molecule has 0 fully saturated rings. The van der Waals surface area contributed by atoms with E-state index in [4.69, 9.17) is 5.11 Å². The van der Waals surface area contributed by atoms with Gasteiger partial charge in [-0.25, -0.2) is 17.6 Å². The number of hydrogen-bond acceptors (Lipinski definition) is 3. The molecular formula is C13H12F16O3. The Bertz CT molecular complexity index is 544. The van der Waals surface area contributed by atoms with Gasteiger partial charge in [-0.15, -0.1) is 0 Å². The van der Waals surface area contributed by atoms with Gasteiger partial charge in [-0.2, -0.15) is 52.7 Å². The van der Waals surface area contributed by atoms with Gasteiger partial charge in [0.2, 0.25) is 0 Å². The Hall–Kier alpha value is -1.24. The smallest absolute Gasteiger partial charge is 0.380 e. The summed E-state index contributed by atoms with van der Waals surface area (Å²) in [6, 6.07) is 0. The Morgan fingerprint density at radius 2 is 0.781 bits per heavy atom. The van der Waals surface area contributed by atoms with E-state index in [0.29, 0.717) is 0 Å². The minimum atomic E-state index is -6.65. The molecule has 1 N–H and O–H groups in total. The van der Waals surface area contributed by atoms with E-state index in [1.807, 2.05) is 0 Å². The molecule has 0 aliphatic carbocycles. The second-order valence-corrected chi connectivity index (χ2v) is 6.09. The summed E-state index contributed by atoms with van der Waals surface area (Å²) < 4.78 is 209. The molecule has 0 radical (unpaired) electrons. The van der Waals surface area contributed by atoms with Crippen LogP contribution < -0.4 is 0 Å². The molecule has 19 heteroatoms. The summed E-state index contributed by atoms with van der Waals surface area (Å²) in [5.74, 6) is -38.2. The van der Waals surface area contributed by atoms with Crippen molar-refractivity contribution >= 4 is 0 Å². The number of hydrogen-bond donors (Lipinski definition) is 1. The monoisotopic (exact) mass is 520 g/mol. The Kier molecular flexibility index (Phi) is 9.56. The quantitative estimate of drug-likeness (QED) is 0.337. The van der Waals surface area contributed by atoms with Gasteiger partial charge in [0.25, 0.3) is 0 Å². The predicted molar refractivity (Wildman–Crippen MR) is 69.3 cm³/mol. The van der Waals surface area contributed by atoms with Crippen molar-refractivity contribution in [2.45, 2.75) is 54.5 Å². The SMILES string of the molecule is OC(COCC(F)(F)C(F)(F)C(F)(F)C(F)F)COCC(F)(F)C(F)(F)C(F)(F)C(F)F. The van der Waals surface area contributed by atoms with E-state index in [-0.39, 0.29) is 0 Å². The lowest BCUT2D eigenvalue weighted by Gasteiger charge is -2.32. The zero-order valence-corrected chi connectivity index (χ0v) is 14.9. The Morgan fingerprint density at radius 1 is 0.531 bits per heavy atom. The summed E-state index contributed by atoms with van der Waals surface area (Å²) in [4.78, 5) is 0. The van der Waals surface area contributed by atoms with Gasteiger partial charge >= 0.3 is 48.4 Å². The van der Waals surface area contributed by atoms with Crippen molar-refractivity contribution in [2.75, 3.05) is 26.4 Å². The average Bonchev–Trinajstić information content (AvgIpc) is 2.60. The van der Waals surface area contributed by atoms with Crippen LogP contribution in [0.4, 0.5) is 70.2 Å². The van der Waals surface area contributed by atoms with E-state index >= 15 is 0 Å². The van der Waals surface area contributed by atoms with E-state index in [2.05, 4.69) is 9.47 Å². The summed E-state index contributed by atoms with van der Waals surface area (Å²) >= 11 is 0. The minimum Gasteiger partial charge on any atom is -0.388 e. The van der Waals surface area contributed by atoms with Crippen molar-refractivity contribution in [3.8, 4) is 0 Å². The summed E-state index contributed by atoms with van der Waals surface area (Å²) in [7, 11) is 0. The molecule has 0 saturated heterocycles. The number of ether oxygens (including phenoxy) is 2. The third-order valence-electron chi connectivity index (χ3n) is 3.49. The molecule has 0 heterocycles. The summed E-state index contributed by atoms with van der Waals surface area (Å²) in [6.45, 7) is -8.73.